The Balaban J connectivity index is 1.91. The molecular formula is C26H25NO5. The number of hydrogen-bond donors (Lipinski definition) is 1. The van der Waals surface area contributed by atoms with Gasteiger partial charge in [-0.1, -0.05) is 18.2 Å². The molecule has 1 aliphatic rings. The molecule has 6 nitrogen and oxygen atoms in total. The number of ether oxygens (including phenoxy) is 1. The van der Waals surface area contributed by atoms with Crippen LogP contribution in [0.15, 0.2) is 64.6 Å². The van der Waals surface area contributed by atoms with Crippen molar-refractivity contribution in [3.8, 4) is 5.75 Å². The van der Waals surface area contributed by atoms with Crippen LogP contribution in [-0.2, 0) is 9.59 Å². The smallest absolute Gasteiger partial charge is 0.300 e. The molecule has 0 spiro atoms. The Bertz CT molecular complexity index is 1240. The van der Waals surface area contributed by atoms with E-state index in [-0.39, 0.29) is 11.3 Å². The van der Waals surface area contributed by atoms with Gasteiger partial charge in [0.15, 0.2) is 0 Å². The molecule has 3 aromatic rings. The summed E-state index contributed by atoms with van der Waals surface area (Å²) in [4.78, 5) is 27.8. The fourth-order valence-electron chi connectivity index (χ4n) is 4.05. The molecule has 1 N–H and O–H groups in total. The Morgan fingerprint density at radius 2 is 1.78 bits per heavy atom. The van der Waals surface area contributed by atoms with Crippen molar-refractivity contribution in [3.05, 3.63) is 88.4 Å². The number of ketones is 1. The molecule has 164 valence electrons. The number of aryl methyl sites for hydroxylation is 3. The highest BCUT2D eigenvalue weighted by Gasteiger charge is 2.48. The zero-order valence-corrected chi connectivity index (χ0v) is 18.5. The molecule has 1 fully saturated rings. The summed E-state index contributed by atoms with van der Waals surface area (Å²) >= 11 is 0. The molecule has 1 aromatic heterocycles. The zero-order chi connectivity index (χ0) is 23.0. The summed E-state index contributed by atoms with van der Waals surface area (Å²) in [5, 5.41) is 11.2. The van der Waals surface area contributed by atoms with Gasteiger partial charge in [-0.2, -0.15) is 0 Å². The minimum Gasteiger partial charge on any atom is -0.507 e. The largest absolute Gasteiger partial charge is 0.507 e. The third kappa shape index (κ3) is 3.58. The van der Waals surface area contributed by atoms with Crippen LogP contribution in [0.25, 0.3) is 5.76 Å². The molecule has 1 saturated heterocycles. The number of benzene rings is 2. The maximum Gasteiger partial charge on any atom is 0.300 e. The zero-order valence-electron chi connectivity index (χ0n) is 18.5. The van der Waals surface area contributed by atoms with Crippen molar-refractivity contribution in [2.75, 3.05) is 11.5 Å². The molecule has 0 bridgehead atoms. The van der Waals surface area contributed by atoms with E-state index in [4.69, 9.17) is 9.15 Å². The predicted molar refractivity (Wildman–Crippen MR) is 122 cm³/mol. The molecule has 1 unspecified atom stereocenters. The molecule has 6 heteroatoms. The van der Waals surface area contributed by atoms with Crippen molar-refractivity contribution in [3.63, 3.8) is 0 Å². The van der Waals surface area contributed by atoms with Crippen LogP contribution in [0.1, 0.15) is 41.2 Å². The van der Waals surface area contributed by atoms with Crippen LogP contribution >= 0.6 is 0 Å². The van der Waals surface area contributed by atoms with Gasteiger partial charge >= 0.3 is 0 Å². The first-order valence-corrected chi connectivity index (χ1v) is 10.5. The molecule has 32 heavy (non-hydrogen) atoms. The average molecular weight is 431 g/mol. The van der Waals surface area contributed by atoms with Crippen LogP contribution in [0.4, 0.5) is 5.69 Å². The maximum absolute atomic E-state index is 13.2. The molecule has 2 heterocycles. The first kappa shape index (κ1) is 21.4. The van der Waals surface area contributed by atoms with Crippen LogP contribution < -0.4 is 9.64 Å². The lowest BCUT2D eigenvalue weighted by molar-refractivity contribution is -0.132. The van der Waals surface area contributed by atoms with Crippen LogP contribution in [0.5, 0.6) is 5.75 Å². The van der Waals surface area contributed by atoms with Crippen molar-refractivity contribution < 1.29 is 23.8 Å². The summed E-state index contributed by atoms with van der Waals surface area (Å²) in [6.45, 7) is 7.94. The first-order chi connectivity index (χ1) is 15.3. The molecule has 1 amide bonds. The number of carbonyl (C=O) groups is 2. The number of amides is 1. The van der Waals surface area contributed by atoms with Crippen LogP contribution in [0.3, 0.4) is 0 Å². The van der Waals surface area contributed by atoms with Gasteiger partial charge in [0.1, 0.15) is 29.1 Å². The van der Waals surface area contributed by atoms with E-state index in [0.29, 0.717) is 35.1 Å². The van der Waals surface area contributed by atoms with E-state index in [1.165, 1.54) is 4.90 Å². The van der Waals surface area contributed by atoms with E-state index in [9.17, 15) is 14.7 Å². The van der Waals surface area contributed by atoms with E-state index >= 15 is 0 Å². The highest BCUT2D eigenvalue weighted by atomic mass is 16.5. The molecule has 1 aliphatic heterocycles. The lowest BCUT2D eigenvalue weighted by Gasteiger charge is -2.25. The minimum atomic E-state index is -0.878. The minimum absolute atomic E-state index is 0.00355. The molecule has 0 aliphatic carbocycles. The number of aliphatic hydroxyl groups excluding tert-OH is 1. The van der Waals surface area contributed by atoms with E-state index in [1.54, 1.807) is 43.3 Å². The van der Waals surface area contributed by atoms with Crippen molar-refractivity contribution >= 4 is 23.1 Å². The normalized spacial score (nSPS) is 17.8. The van der Waals surface area contributed by atoms with Crippen LogP contribution in [0.2, 0.25) is 0 Å². The third-order valence-electron chi connectivity index (χ3n) is 5.60. The summed E-state index contributed by atoms with van der Waals surface area (Å²) in [6.07, 6.45) is 0. The van der Waals surface area contributed by atoms with Gasteiger partial charge in [-0.25, -0.2) is 0 Å². The predicted octanol–water partition coefficient (Wildman–Crippen LogP) is 5.23. The fraction of sp³-hybridized carbons (Fsp3) is 0.231. The Morgan fingerprint density at radius 3 is 2.41 bits per heavy atom. The van der Waals surface area contributed by atoms with Gasteiger partial charge in [-0.3, -0.25) is 14.5 Å². The number of para-hydroxylation sites is 1. The van der Waals surface area contributed by atoms with Crippen molar-refractivity contribution in [1.82, 2.24) is 0 Å². The number of aliphatic hydroxyl groups is 1. The topological polar surface area (TPSA) is 80.0 Å². The van der Waals surface area contributed by atoms with Gasteiger partial charge in [0.2, 0.25) is 0 Å². The number of Topliss-reactive ketones (excluding diaryl/α,β-unsaturated/α-hetero) is 1. The van der Waals surface area contributed by atoms with Gasteiger partial charge in [0.25, 0.3) is 11.7 Å². The van der Waals surface area contributed by atoms with Gasteiger partial charge in [-0.05, 0) is 75.2 Å². The monoisotopic (exact) mass is 431 g/mol. The van der Waals surface area contributed by atoms with Gasteiger partial charge in [0.05, 0.1) is 12.2 Å². The molecular weight excluding hydrogens is 406 g/mol. The average Bonchev–Trinajstić information content (AvgIpc) is 3.31. The maximum atomic E-state index is 13.2. The first-order valence-electron chi connectivity index (χ1n) is 10.5. The molecule has 1 atom stereocenters. The number of rotatable bonds is 5. The summed E-state index contributed by atoms with van der Waals surface area (Å²) in [6, 6.07) is 15.1. The lowest BCUT2D eigenvalue weighted by atomic mass is 9.98. The highest BCUT2D eigenvalue weighted by Crippen LogP contribution is 2.43. The van der Waals surface area contributed by atoms with Gasteiger partial charge in [-0.15, -0.1) is 0 Å². The number of anilines is 1. The summed E-state index contributed by atoms with van der Waals surface area (Å²) < 4.78 is 11.4. The van der Waals surface area contributed by atoms with E-state index in [2.05, 4.69) is 0 Å². The van der Waals surface area contributed by atoms with E-state index in [0.717, 1.165) is 11.1 Å². The van der Waals surface area contributed by atoms with Crippen molar-refractivity contribution in [1.29, 1.82) is 0 Å². The molecule has 2 aromatic carbocycles. The second-order valence-corrected chi connectivity index (χ2v) is 7.82. The Labute approximate surface area is 186 Å². The second-order valence-electron chi connectivity index (χ2n) is 7.82. The Morgan fingerprint density at radius 1 is 1.03 bits per heavy atom. The third-order valence-corrected chi connectivity index (χ3v) is 5.60. The quantitative estimate of drug-likeness (QED) is 0.340. The van der Waals surface area contributed by atoms with Crippen LogP contribution in [-0.4, -0.2) is 23.4 Å². The summed E-state index contributed by atoms with van der Waals surface area (Å²) in [7, 11) is 0. The van der Waals surface area contributed by atoms with Gasteiger partial charge in [0, 0.05) is 11.3 Å². The molecule has 0 saturated carbocycles. The van der Waals surface area contributed by atoms with Crippen molar-refractivity contribution in [2.24, 2.45) is 0 Å². The number of hydrogen-bond acceptors (Lipinski definition) is 5. The molecule has 0 radical (unpaired) electrons. The Kier molecular flexibility index (Phi) is 5.61. The summed E-state index contributed by atoms with van der Waals surface area (Å²) in [5.74, 6) is 0.0487. The van der Waals surface area contributed by atoms with E-state index < -0.39 is 17.7 Å². The lowest BCUT2D eigenvalue weighted by Crippen LogP contribution is -2.29. The molecule has 4 rings (SSSR count). The highest BCUT2D eigenvalue weighted by molar-refractivity contribution is 6.51. The summed E-state index contributed by atoms with van der Waals surface area (Å²) in [5.41, 5.74) is 2.67. The second kappa shape index (κ2) is 8.38. The Hall–Kier alpha value is -3.80. The standard InChI is InChI=1S/C26H25NO5/c1-5-31-20-13-11-18(14-16(20)3)24(28)22-23(21-12-10-17(4)32-21)27(26(30)25(22)29)19-9-7-6-8-15(19)2/h6-14,23,28H,5H2,1-4H3/b24-22-. The fourth-order valence-corrected chi connectivity index (χ4v) is 4.05. The van der Waals surface area contributed by atoms with Crippen LogP contribution in [0, 0.1) is 20.8 Å². The SMILES string of the molecule is CCOc1ccc(/C(O)=C2/C(=O)C(=O)N(c3ccccc3C)C2c2ccc(C)o2)cc1C. The van der Waals surface area contributed by atoms with E-state index in [1.807, 2.05) is 39.0 Å². The number of carbonyl (C=O) groups excluding carboxylic acids is 2. The number of furan rings is 1. The van der Waals surface area contributed by atoms with Gasteiger partial charge < -0.3 is 14.3 Å². The van der Waals surface area contributed by atoms with Crippen molar-refractivity contribution in [2.45, 2.75) is 33.7 Å². The number of nitrogens with zero attached hydrogens (tertiary/aromatic N) is 1.